The van der Waals surface area contributed by atoms with Gasteiger partial charge in [0.1, 0.15) is 17.3 Å². The van der Waals surface area contributed by atoms with Gasteiger partial charge in [0.15, 0.2) is 0 Å². The van der Waals surface area contributed by atoms with Crippen LogP contribution in [0.3, 0.4) is 0 Å². The van der Waals surface area contributed by atoms with Crippen LogP contribution in [0.15, 0.2) is 60.3 Å². The number of nitrogens with zero attached hydrogens (tertiary/aromatic N) is 3. The fourth-order valence-corrected chi connectivity index (χ4v) is 2.81. The molecule has 0 aliphatic heterocycles. The van der Waals surface area contributed by atoms with Crippen molar-refractivity contribution in [3.8, 4) is 23.0 Å². The van der Waals surface area contributed by atoms with Gasteiger partial charge >= 0.3 is 0 Å². The molecule has 3 rings (SSSR count). The second kappa shape index (κ2) is 7.08. The molecule has 1 aromatic heterocycles. The third kappa shape index (κ3) is 3.40. The first kappa shape index (κ1) is 17.2. The molecule has 0 unspecified atom stereocenters. The Kier molecular flexibility index (Phi) is 4.68. The molecule has 2 aromatic carbocycles. The largest absolute Gasteiger partial charge is 0.365 e. The van der Waals surface area contributed by atoms with Gasteiger partial charge in [0.05, 0.1) is 5.69 Å². The van der Waals surface area contributed by atoms with Gasteiger partial charge in [-0.3, -0.25) is 4.79 Å². The van der Waals surface area contributed by atoms with Crippen LogP contribution in [0.5, 0.6) is 0 Å². The number of primary amides is 1. The number of amides is 1. The average molecular weight is 342 g/mol. The highest BCUT2D eigenvalue weighted by atomic mass is 16.1. The number of aryl methyl sites for hydroxylation is 2. The number of hydrogen-bond donors (Lipinski definition) is 1. The minimum atomic E-state index is -0.758. The highest BCUT2D eigenvalue weighted by Gasteiger charge is 2.15. The Labute approximate surface area is 152 Å². The van der Waals surface area contributed by atoms with Crippen molar-refractivity contribution in [2.24, 2.45) is 5.73 Å². The Morgan fingerprint density at radius 2 is 1.92 bits per heavy atom. The summed E-state index contributed by atoms with van der Waals surface area (Å²) >= 11 is 0. The number of carbonyl (C=O) groups excluding carboxylic acids is 1. The first-order chi connectivity index (χ1) is 12.5. The molecule has 0 fully saturated rings. The molecule has 0 atom stereocenters. The number of nitriles is 1. The Balaban J connectivity index is 2.23. The molecule has 0 bridgehead atoms. The fraction of sp³-hybridized carbons (Fsp3) is 0.0952. The predicted molar refractivity (Wildman–Crippen MR) is 101 cm³/mol. The molecule has 2 N–H and O–H groups in total. The summed E-state index contributed by atoms with van der Waals surface area (Å²) in [6.45, 7) is 4.04. The van der Waals surface area contributed by atoms with Crippen molar-refractivity contribution in [2.45, 2.75) is 13.8 Å². The maximum Gasteiger partial charge on any atom is 0.259 e. The molecule has 3 aromatic rings. The normalized spacial score (nSPS) is 11.2. The van der Waals surface area contributed by atoms with Crippen LogP contribution in [-0.2, 0) is 4.79 Å². The van der Waals surface area contributed by atoms with Crippen LogP contribution in [0, 0.1) is 25.2 Å². The van der Waals surface area contributed by atoms with E-state index in [1.807, 2.05) is 62.4 Å². The van der Waals surface area contributed by atoms with E-state index in [-0.39, 0.29) is 5.57 Å². The molecule has 0 spiro atoms. The van der Waals surface area contributed by atoms with Gasteiger partial charge in [-0.1, -0.05) is 42.0 Å². The summed E-state index contributed by atoms with van der Waals surface area (Å²) in [6.07, 6.45) is 3.29. The number of para-hydroxylation sites is 1. The van der Waals surface area contributed by atoms with Crippen LogP contribution < -0.4 is 5.73 Å². The van der Waals surface area contributed by atoms with Crippen molar-refractivity contribution < 1.29 is 4.79 Å². The minimum Gasteiger partial charge on any atom is -0.365 e. The molecule has 128 valence electrons. The van der Waals surface area contributed by atoms with Crippen molar-refractivity contribution in [3.63, 3.8) is 0 Å². The topological polar surface area (TPSA) is 84.7 Å². The van der Waals surface area contributed by atoms with Gasteiger partial charge in [0.25, 0.3) is 5.91 Å². The van der Waals surface area contributed by atoms with E-state index in [0.29, 0.717) is 11.3 Å². The van der Waals surface area contributed by atoms with E-state index in [9.17, 15) is 10.1 Å². The lowest BCUT2D eigenvalue weighted by Gasteiger charge is -2.05. The highest BCUT2D eigenvalue weighted by molar-refractivity contribution is 6.01. The van der Waals surface area contributed by atoms with E-state index in [0.717, 1.165) is 22.4 Å². The van der Waals surface area contributed by atoms with Crippen molar-refractivity contribution >= 4 is 12.0 Å². The van der Waals surface area contributed by atoms with Crippen LogP contribution in [0.2, 0.25) is 0 Å². The third-order valence-electron chi connectivity index (χ3n) is 4.09. The molecular weight excluding hydrogens is 324 g/mol. The van der Waals surface area contributed by atoms with Crippen LogP contribution in [-0.4, -0.2) is 15.7 Å². The molecular formula is C21H18N4O. The summed E-state index contributed by atoms with van der Waals surface area (Å²) in [5.74, 6) is -0.758. The summed E-state index contributed by atoms with van der Waals surface area (Å²) < 4.78 is 1.73. The Hall–Kier alpha value is -3.65. The number of nitrogens with two attached hydrogens (primary N) is 1. The number of benzene rings is 2. The number of hydrogen-bond acceptors (Lipinski definition) is 3. The zero-order valence-electron chi connectivity index (χ0n) is 14.6. The van der Waals surface area contributed by atoms with Gasteiger partial charge in [-0.25, -0.2) is 4.68 Å². The lowest BCUT2D eigenvalue weighted by Crippen LogP contribution is -2.12. The standard InChI is InChI=1S/C21H18N4O/c1-14-8-9-19(15(2)10-14)20-17(11-16(12-22)21(23)26)13-25(24-20)18-6-4-3-5-7-18/h3-11,13H,1-2H3,(H2,23,26)/b16-11+. The van der Waals surface area contributed by atoms with Crippen molar-refractivity contribution in [2.75, 3.05) is 0 Å². The Morgan fingerprint density at radius 3 is 2.54 bits per heavy atom. The third-order valence-corrected chi connectivity index (χ3v) is 4.09. The van der Waals surface area contributed by atoms with Crippen LogP contribution >= 0.6 is 0 Å². The van der Waals surface area contributed by atoms with Gasteiger partial charge in [-0.05, 0) is 37.6 Å². The highest BCUT2D eigenvalue weighted by Crippen LogP contribution is 2.29. The molecule has 0 saturated carbocycles. The second-order valence-corrected chi connectivity index (χ2v) is 6.07. The summed E-state index contributed by atoms with van der Waals surface area (Å²) in [6, 6.07) is 17.6. The van der Waals surface area contributed by atoms with Crippen LogP contribution in [0.25, 0.3) is 23.0 Å². The fourth-order valence-electron chi connectivity index (χ4n) is 2.81. The van der Waals surface area contributed by atoms with E-state index in [1.54, 1.807) is 10.9 Å². The van der Waals surface area contributed by atoms with Gasteiger partial charge < -0.3 is 5.73 Å². The smallest absolute Gasteiger partial charge is 0.259 e. The second-order valence-electron chi connectivity index (χ2n) is 6.07. The maximum atomic E-state index is 11.5. The van der Waals surface area contributed by atoms with Gasteiger partial charge in [-0.2, -0.15) is 10.4 Å². The zero-order chi connectivity index (χ0) is 18.7. The summed E-state index contributed by atoms with van der Waals surface area (Å²) in [4.78, 5) is 11.5. The summed E-state index contributed by atoms with van der Waals surface area (Å²) in [5, 5.41) is 13.9. The van der Waals surface area contributed by atoms with Crippen molar-refractivity contribution in [3.05, 3.63) is 77.0 Å². The average Bonchev–Trinajstić information content (AvgIpc) is 3.04. The first-order valence-electron chi connectivity index (χ1n) is 8.14. The van der Waals surface area contributed by atoms with Gasteiger partial charge in [0, 0.05) is 17.3 Å². The van der Waals surface area contributed by atoms with E-state index >= 15 is 0 Å². The minimum absolute atomic E-state index is 0.108. The van der Waals surface area contributed by atoms with Crippen LogP contribution in [0.4, 0.5) is 0 Å². The number of aromatic nitrogens is 2. The molecule has 1 heterocycles. The zero-order valence-corrected chi connectivity index (χ0v) is 14.6. The van der Waals surface area contributed by atoms with E-state index in [4.69, 9.17) is 10.8 Å². The lowest BCUT2D eigenvalue weighted by molar-refractivity contribution is -0.114. The molecule has 0 aliphatic carbocycles. The molecule has 1 amide bonds. The molecule has 0 saturated heterocycles. The molecule has 0 radical (unpaired) electrons. The van der Waals surface area contributed by atoms with Crippen molar-refractivity contribution in [1.82, 2.24) is 9.78 Å². The molecule has 0 aliphatic rings. The van der Waals surface area contributed by atoms with E-state index in [2.05, 4.69) is 6.07 Å². The first-order valence-corrected chi connectivity index (χ1v) is 8.14. The monoisotopic (exact) mass is 342 g/mol. The summed E-state index contributed by atoms with van der Waals surface area (Å²) in [7, 11) is 0. The van der Waals surface area contributed by atoms with Crippen molar-refractivity contribution in [1.29, 1.82) is 5.26 Å². The Bertz CT molecular complexity index is 1040. The quantitative estimate of drug-likeness (QED) is 0.581. The predicted octanol–water partition coefficient (Wildman–Crippen LogP) is 3.55. The van der Waals surface area contributed by atoms with Gasteiger partial charge in [-0.15, -0.1) is 0 Å². The lowest BCUT2D eigenvalue weighted by atomic mass is 10.00. The molecule has 26 heavy (non-hydrogen) atoms. The van der Waals surface area contributed by atoms with Crippen LogP contribution in [0.1, 0.15) is 16.7 Å². The van der Waals surface area contributed by atoms with E-state index < -0.39 is 5.91 Å². The SMILES string of the molecule is Cc1ccc(-c2nn(-c3ccccc3)cc2/C=C(\C#N)C(N)=O)c(C)c1. The molecule has 5 heteroatoms. The summed E-state index contributed by atoms with van der Waals surface area (Å²) in [5.41, 5.74) is 10.6. The maximum absolute atomic E-state index is 11.5. The Morgan fingerprint density at radius 1 is 1.19 bits per heavy atom. The number of carbonyl (C=O) groups is 1. The molecule has 5 nitrogen and oxygen atoms in total. The van der Waals surface area contributed by atoms with E-state index in [1.165, 1.54) is 6.08 Å². The van der Waals surface area contributed by atoms with Gasteiger partial charge in [0.2, 0.25) is 0 Å². The number of rotatable bonds is 4.